The molecule has 1 N–H and O–H groups in total. The number of aromatic amines is 1. The van der Waals surface area contributed by atoms with Crippen molar-refractivity contribution in [1.82, 2.24) is 25.1 Å². The molecule has 0 unspecified atom stereocenters. The lowest BCUT2D eigenvalue weighted by Gasteiger charge is -2.08. The molecule has 0 aromatic carbocycles. The first-order valence-corrected chi connectivity index (χ1v) is 5.69. The molecule has 0 amide bonds. The molecule has 0 aliphatic heterocycles. The summed E-state index contributed by atoms with van der Waals surface area (Å²) in [7, 11) is 0. The Morgan fingerprint density at radius 1 is 1.22 bits per heavy atom. The Morgan fingerprint density at radius 3 is 2.56 bits per heavy atom. The van der Waals surface area contributed by atoms with Gasteiger partial charge in [-0.3, -0.25) is 5.10 Å². The van der Waals surface area contributed by atoms with E-state index in [0.29, 0.717) is 5.88 Å². The van der Waals surface area contributed by atoms with Crippen LogP contribution in [0.2, 0.25) is 5.28 Å². The van der Waals surface area contributed by atoms with E-state index in [-0.39, 0.29) is 23.4 Å². The fourth-order valence-corrected chi connectivity index (χ4v) is 1.31. The van der Waals surface area contributed by atoms with Gasteiger partial charge in [0.05, 0.1) is 6.10 Å². The molecule has 0 aliphatic rings. The minimum atomic E-state index is -0.0658. The van der Waals surface area contributed by atoms with Crippen molar-refractivity contribution >= 4 is 11.6 Å². The highest BCUT2D eigenvalue weighted by Gasteiger charge is 2.10. The van der Waals surface area contributed by atoms with Crippen LogP contribution in [0.15, 0.2) is 6.07 Å². The quantitative estimate of drug-likeness (QED) is 0.915. The van der Waals surface area contributed by atoms with Gasteiger partial charge in [0.25, 0.3) is 0 Å². The maximum Gasteiger partial charge on any atom is 0.330 e. The molecule has 7 nitrogen and oxygen atoms in total. The van der Waals surface area contributed by atoms with E-state index < -0.39 is 0 Å². The van der Waals surface area contributed by atoms with Crippen molar-refractivity contribution in [2.24, 2.45) is 0 Å². The highest BCUT2D eigenvalue weighted by atomic mass is 35.5. The predicted octanol–water partition coefficient (Wildman–Crippen LogP) is 2.14. The van der Waals surface area contributed by atoms with Crippen molar-refractivity contribution in [3.05, 3.63) is 17.0 Å². The van der Waals surface area contributed by atoms with Gasteiger partial charge in [0.1, 0.15) is 0 Å². The summed E-state index contributed by atoms with van der Waals surface area (Å²) in [5.74, 6) is 0.352. The Labute approximate surface area is 109 Å². The van der Waals surface area contributed by atoms with Gasteiger partial charge in [0, 0.05) is 11.8 Å². The topological polar surface area (TPSA) is 85.8 Å². The maximum absolute atomic E-state index is 5.75. The predicted molar refractivity (Wildman–Crippen MR) is 64.0 cm³/mol. The van der Waals surface area contributed by atoms with Crippen molar-refractivity contribution in [3.8, 4) is 17.9 Å². The third kappa shape index (κ3) is 3.30. The summed E-state index contributed by atoms with van der Waals surface area (Å²) >= 11 is 5.75. The molecule has 0 fully saturated rings. The summed E-state index contributed by atoms with van der Waals surface area (Å²) in [6.45, 7) is 5.57. The van der Waals surface area contributed by atoms with Crippen LogP contribution < -0.4 is 9.47 Å². The summed E-state index contributed by atoms with van der Waals surface area (Å²) in [6.07, 6.45) is -0.0658. The fourth-order valence-electron chi connectivity index (χ4n) is 1.16. The second-order valence-electron chi connectivity index (χ2n) is 3.83. The van der Waals surface area contributed by atoms with Crippen molar-refractivity contribution in [2.75, 3.05) is 0 Å². The highest BCUT2D eigenvalue weighted by Crippen LogP contribution is 2.19. The van der Waals surface area contributed by atoms with Crippen molar-refractivity contribution in [3.63, 3.8) is 0 Å². The zero-order valence-corrected chi connectivity index (χ0v) is 10.9. The minimum absolute atomic E-state index is 0.00269. The Balaban J connectivity index is 2.19. The van der Waals surface area contributed by atoms with Gasteiger partial charge in [-0.05, 0) is 32.4 Å². The molecule has 0 spiro atoms. The summed E-state index contributed by atoms with van der Waals surface area (Å²) in [4.78, 5) is 11.6. The molecule has 0 saturated heterocycles. The third-order valence-electron chi connectivity index (χ3n) is 1.79. The van der Waals surface area contributed by atoms with E-state index >= 15 is 0 Å². The number of ether oxygens (including phenoxy) is 2. The third-order valence-corrected chi connectivity index (χ3v) is 1.96. The number of rotatable bonds is 4. The monoisotopic (exact) mass is 269 g/mol. The molecule has 96 valence electrons. The van der Waals surface area contributed by atoms with Gasteiger partial charge in [-0.25, -0.2) is 0 Å². The number of hydrogen-bond acceptors (Lipinski definition) is 6. The van der Waals surface area contributed by atoms with Crippen LogP contribution in [-0.2, 0) is 0 Å². The van der Waals surface area contributed by atoms with Gasteiger partial charge in [0.2, 0.25) is 11.2 Å². The van der Waals surface area contributed by atoms with E-state index in [1.807, 2.05) is 20.8 Å². The molecule has 0 atom stereocenters. The number of H-pyrrole nitrogens is 1. The molecule has 0 aliphatic carbocycles. The van der Waals surface area contributed by atoms with E-state index in [2.05, 4.69) is 25.1 Å². The second-order valence-corrected chi connectivity index (χ2v) is 4.17. The normalized spacial score (nSPS) is 10.7. The lowest BCUT2D eigenvalue weighted by molar-refractivity contribution is 0.218. The molecular formula is C10H12ClN5O2. The molecule has 2 rings (SSSR count). The highest BCUT2D eigenvalue weighted by molar-refractivity contribution is 6.28. The molecule has 2 heterocycles. The van der Waals surface area contributed by atoms with Crippen molar-refractivity contribution in [2.45, 2.75) is 26.9 Å². The number of aryl methyl sites for hydroxylation is 1. The number of nitrogens with one attached hydrogen (secondary N) is 1. The lowest BCUT2D eigenvalue weighted by atomic mass is 10.5. The summed E-state index contributed by atoms with van der Waals surface area (Å²) < 4.78 is 10.7. The van der Waals surface area contributed by atoms with Crippen LogP contribution in [-0.4, -0.2) is 31.3 Å². The zero-order chi connectivity index (χ0) is 13.1. The second kappa shape index (κ2) is 5.18. The molecule has 18 heavy (non-hydrogen) atoms. The number of hydrogen-bond donors (Lipinski definition) is 1. The number of aromatic nitrogens is 5. The Kier molecular flexibility index (Phi) is 3.61. The fraction of sp³-hybridized carbons (Fsp3) is 0.400. The first-order valence-electron chi connectivity index (χ1n) is 5.31. The zero-order valence-electron chi connectivity index (χ0n) is 10.1. The van der Waals surface area contributed by atoms with Crippen molar-refractivity contribution in [1.29, 1.82) is 0 Å². The standard InChI is InChI=1S/C10H12ClN5O2/c1-5(2)17-9-12-8(11)13-10(14-9)18-7-4-6(3)15-16-7/h4-5H,1-3H3,(H,15,16). The average molecular weight is 270 g/mol. The van der Waals surface area contributed by atoms with Crippen LogP contribution in [0.5, 0.6) is 17.9 Å². The minimum Gasteiger partial charge on any atom is -0.461 e. The summed E-state index contributed by atoms with van der Waals surface area (Å²) in [5.41, 5.74) is 0.865. The molecule has 0 bridgehead atoms. The van der Waals surface area contributed by atoms with Gasteiger partial charge < -0.3 is 9.47 Å². The van der Waals surface area contributed by atoms with Crippen LogP contribution in [0.25, 0.3) is 0 Å². The molecule has 8 heteroatoms. The van der Waals surface area contributed by atoms with E-state index in [1.165, 1.54) is 0 Å². The Hall–Kier alpha value is -1.89. The first-order chi connectivity index (χ1) is 8.52. The van der Waals surface area contributed by atoms with Crippen LogP contribution in [0.3, 0.4) is 0 Å². The SMILES string of the molecule is Cc1cc(Oc2nc(Cl)nc(OC(C)C)n2)n[nH]1. The van der Waals surface area contributed by atoms with E-state index in [9.17, 15) is 0 Å². The van der Waals surface area contributed by atoms with Crippen molar-refractivity contribution < 1.29 is 9.47 Å². The largest absolute Gasteiger partial charge is 0.461 e. The van der Waals surface area contributed by atoms with Gasteiger partial charge in [-0.15, -0.1) is 10.1 Å². The van der Waals surface area contributed by atoms with E-state index in [1.54, 1.807) is 6.07 Å². The Bertz CT molecular complexity index is 543. The summed E-state index contributed by atoms with van der Waals surface area (Å²) in [6, 6.07) is 1.87. The summed E-state index contributed by atoms with van der Waals surface area (Å²) in [5, 5.41) is 6.64. The maximum atomic E-state index is 5.75. The van der Waals surface area contributed by atoms with Gasteiger partial charge in [-0.1, -0.05) is 0 Å². The number of nitrogens with zero attached hydrogens (tertiary/aromatic N) is 4. The van der Waals surface area contributed by atoms with Crippen LogP contribution in [0.1, 0.15) is 19.5 Å². The van der Waals surface area contributed by atoms with Gasteiger partial charge >= 0.3 is 12.0 Å². The lowest BCUT2D eigenvalue weighted by Crippen LogP contribution is -2.09. The molecule has 2 aromatic rings. The van der Waals surface area contributed by atoms with Crippen LogP contribution in [0, 0.1) is 6.92 Å². The Morgan fingerprint density at radius 2 is 1.94 bits per heavy atom. The molecule has 0 radical (unpaired) electrons. The van der Waals surface area contributed by atoms with E-state index in [0.717, 1.165) is 5.69 Å². The van der Waals surface area contributed by atoms with Gasteiger partial charge in [0.15, 0.2) is 0 Å². The first kappa shape index (κ1) is 12.6. The van der Waals surface area contributed by atoms with Crippen LogP contribution in [0.4, 0.5) is 0 Å². The molecule has 2 aromatic heterocycles. The average Bonchev–Trinajstić information content (AvgIpc) is 2.61. The van der Waals surface area contributed by atoms with Gasteiger partial charge in [-0.2, -0.15) is 9.97 Å². The molecular weight excluding hydrogens is 258 g/mol. The smallest absolute Gasteiger partial charge is 0.330 e. The van der Waals surface area contributed by atoms with Crippen LogP contribution >= 0.6 is 11.6 Å². The number of halogens is 1. The van der Waals surface area contributed by atoms with E-state index in [4.69, 9.17) is 21.1 Å². The molecule has 0 saturated carbocycles.